The average Bonchev–Trinajstić information content (AvgIpc) is 1.95. The molecular formula is C8H16ClF2NO. The number of halogens is 3. The Morgan fingerprint density at radius 3 is 2.38 bits per heavy atom. The minimum absolute atomic E-state index is 0. The summed E-state index contributed by atoms with van der Waals surface area (Å²) in [7, 11) is 0. The number of nitrogens with two attached hydrogens (primary N) is 1. The summed E-state index contributed by atoms with van der Waals surface area (Å²) in [6.45, 7) is 2.73. The third kappa shape index (κ3) is 3.37. The standard InChI is InChI=1S/C8H15F2NO.ClH/c1-2-12-7(5-11)6-3-8(9,10)4-6;/h6-7H,2-5,11H2,1H3;1H. The lowest BCUT2D eigenvalue weighted by Crippen LogP contribution is -2.45. The molecule has 1 saturated carbocycles. The number of alkyl halides is 2. The van der Waals surface area contributed by atoms with Gasteiger partial charge in [-0.15, -0.1) is 12.4 Å². The molecular weight excluding hydrogens is 200 g/mol. The van der Waals surface area contributed by atoms with Gasteiger partial charge in [0.05, 0.1) is 6.10 Å². The van der Waals surface area contributed by atoms with E-state index in [-0.39, 0.29) is 37.3 Å². The maximum absolute atomic E-state index is 12.4. The molecule has 0 radical (unpaired) electrons. The Kier molecular flexibility index (Phi) is 5.10. The Bertz CT molecular complexity index is 149. The van der Waals surface area contributed by atoms with Crippen LogP contribution in [0.2, 0.25) is 0 Å². The number of hydrogen-bond acceptors (Lipinski definition) is 2. The van der Waals surface area contributed by atoms with Crippen molar-refractivity contribution in [1.29, 1.82) is 0 Å². The van der Waals surface area contributed by atoms with Gasteiger partial charge in [-0.3, -0.25) is 0 Å². The molecule has 0 saturated heterocycles. The van der Waals surface area contributed by atoms with Gasteiger partial charge in [0.15, 0.2) is 0 Å². The zero-order valence-electron chi connectivity index (χ0n) is 7.63. The van der Waals surface area contributed by atoms with E-state index >= 15 is 0 Å². The first-order valence-corrected chi connectivity index (χ1v) is 4.28. The maximum atomic E-state index is 12.4. The van der Waals surface area contributed by atoms with Gasteiger partial charge in [0.25, 0.3) is 0 Å². The molecule has 1 aliphatic carbocycles. The first-order chi connectivity index (χ1) is 5.59. The van der Waals surface area contributed by atoms with E-state index in [4.69, 9.17) is 10.5 Å². The molecule has 5 heteroatoms. The van der Waals surface area contributed by atoms with E-state index < -0.39 is 5.92 Å². The summed E-state index contributed by atoms with van der Waals surface area (Å²) in [6.07, 6.45) is -0.293. The van der Waals surface area contributed by atoms with Crippen molar-refractivity contribution < 1.29 is 13.5 Å². The van der Waals surface area contributed by atoms with Crippen LogP contribution in [-0.2, 0) is 4.74 Å². The highest BCUT2D eigenvalue weighted by atomic mass is 35.5. The second kappa shape index (κ2) is 5.08. The predicted molar refractivity (Wildman–Crippen MR) is 49.4 cm³/mol. The van der Waals surface area contributed by atoms with E-state index in [0.29, 0.717) is 13.2 Å². The minimum atomic E-state index is -2.46. The summed E-state index contributed by atoms with van der Waals surface area (Å²) in [4.78, 5) is 0. The Labute approximate surface area is 83.2 Å². The van der Waals surface area contributed by atoms with E-state index in [0.717, 1.165) is 0 Å². The number of rotatable bonds is 4. The summed E-state index contributed by atoms with van der Waals surface area (Å²) in [5, 5.41) is 0. The van der Waals surface area contributed by atoms with E-state index in [1.807, 2.05) is 6.92 Å². The van der Waals surface area contributed by atoms with Gasteiger partial charge in [-0.2, -0.15) is 0 Å². The van der Waals surface area contributed by atoms with Gasteiger partial charge in [-0.1, -0.05) is 0 Å². The molecule has 0 amide bonds. The maximum Gasteiger partial charge on any atom is 0.248 e. The molecule has 2 nitrogen and oxygen atoms in total. The molecule has 1 fully saturated rings. The van der Waals surface area contributed by atoms with Gasteiger partial charge in [0, 0.05) is 26.0 Å². The lowest BCUT2D eigenvalue weighted by Gasteiger charge is -2.39. The van der Waals surface area contributed by atoms with Gasteiger partial charge < -0.3 is 10.5 Å². The Morgan fingerprint density at radius 2 is 2.08 bits per heavy atom. The summed E-state index contributed by atoms with van der Waals surface area (Å²) >= 11 is 0. The smallest absolute Gasteiger partial charge is 0.248 e. The molecule has 13 heavy (non-hydrogen) atoms. The molecule has 0 bridgehead atoms. The van der Waals surface area contributed by atoms with Crippen LogP contribution in [0.4, 0.5) is 8.78 Å². The first-order valence-electron chi connectivity index (χ1n) is 4.28. The second-order valence-electron chi connectivity index (χ2n) is 3.25. The molecule has 1 unspecified atom stereocenters. The highest BCUT2D eigenvalue weighted by molar-refractivity contribution is 5.85. The van der Waals surface area contributed by atoms with Crippen LogP contribution in [0.25, 0.3) is 0 Å². The molecule has 0 aromatic carbocycles. The van der Waals surface area contributed by atoms with Crippen LogP contribution in [-0.4, -0.2) is 25.2 Å². The Morgan fingerprint density at radius 1 is 1.54 bits per heavy atom. The van der Waals surface area contributed by atoms with Crippen molar-refractivity contribution in [2.24, 2.45) is 11.7 Å². The number of ether oxygens (including phenoxy) is 1. The number of hydrogen-bond donors (Lipinski definition) is 1. The van der Waals surface area contributed by atoms with Gasteiger partial charge in [-0.05, 0) is 12.8 Å². The fourth-order valence-electron chi connectivity index (χ4n) is 1.58. The zero-order chi connectivity index (χ0) is 9.19. The highest BCUT2D eigenvalue weighted by Gasteiger charge is 2.48. The highest BCUT2D eigenvalue weighted by Crippen LogP contribution is 2.44. The molecule has 1 atom stereocenters. The average molecular weight is 216 g/mol. The van der Waals surface area contributed by atoms with Crippen LogP contribution in [0.1, 0.15) is 19.8 Å². The van der Waals surface area contributed by atoms with Crippen LogP contribution in [0, 0.1) is 5.92 Å². The molecule has 0 spiro atoms. The topological polar surface area (TPSA) is 35.2 Å². The lowest BCUT2D eigenvalue weighted by atomic mass is 9.77. The van der Waals surface area contributed by atoms with Crippen molar-refractivity contribution in [3.63, 3.8) is 0 Å². The van der Waals surface area contributed by atoms with E-state index in [9.17, 15) is 8.78 Å². The SMILES string of the molecule is CCOC(CN)C1CC(F)(F)C1.Cl. The molecule has 1 rings (SSSR count). The molecule has 1 aliphatic rings. The molecule has 0 aromatic heterocycles. The molecule has 0 heterocycles. The first kappa shape index (κ1) is 13.1. The van der Waals surface area contributed by atoms with Gasteiger partial charge in [-0.25, -0.2) is 8.78 Å². The zero-order valence-corrected chi connectivity index (χ0v) is 8.45. The van der Waals surface area contributed by atoms with Crippen LogP contribution >= 0.6 is 12.4 Å². The minimum Gasteiger partial charge on any atom is -0.377 e. The summed E-state index contributed by atoms with van der Waals surface area (Å²) < 4.78 is 30.1. The second-order valence-corrected chi connectivity index (χ2v) is 3.25. The quantitative estimate of drug-likeness (QED) is 0.777. The monoisotopic (exact) mass is 215 g/mol. The van der Waals surface area contributed by atoms with Gasteiger partial charge >= 0.3 is 0 Å². The van der Waals surface area contributed by atoms with Crippen molar-refractivity contribution in [3.8, 4) is 0 Å². The van der Waals surface area contributed by atoms with Crippen molar-refractivity contribution >= 4 is 12.4 Å². The summed E-state index contributed by atoms with van der Waals surface area (Å²) in [6, 6.07) is 0. The molecule has 0 aromatic rings. The van der Waals surface area contributed by atoms with Crippen molar-refractivity contribution in [2.75, 3.05) is 13.2 Å². The van der Waals surface area contributed by atoms with Crippen LogP contribution in [0.15, 0.2) is 0 Å². The molecule has 0 aliphatic heterocycles. The summed E-state index contributed by atoms with van der Waals surface area (Å²) in [5.41, 5.74) is 5.39. The molecule has 2 N–H and O–H groups in total. The largest absolute Gasteiger partial charge is 0.377 e. The van der Waals surface area contributed by atoms with Gasteiger partial charge in [0.2, 0.25) is 5.92 Å². The van der Waals surface area contributed by atoms with Crippen molar-refractivity contribution in [2.45, 2.75) is 31.8 Å². The Hall–Kier alpha value is 0.0700. The lowest BCUT2D eigenvalue weighted by molar-refractivity contribution is -0.149. The van der Waals surface area contributed by atoms with E-state index in [2.05, 4.69) is 0 Å². The fourth-order valence-corrected chi connectivity index (χ4v) is 1.58. The van der Waals surface area contributed by atoms with E-state index in [1.54, 1.807) is 0 Å². The fraction of sp³-hybridized carbons (Fsp3) is 1.00. The summed E-state index contributed by atoms with van der Waals surface area (Å²) in [5.74, 6) is -2.50. The van der Waals surface area contributed by atoms with Crippen LogP contribution < -0.4 is 5.73 Å². The normalized spacial score (nSPS) is 23.1. The third-order valence-electron chi connectivity index (χ3n) is 2.26. The van der Waals surface area contributed by atoms with Crippen LogP contribution in [0.5, 0.6) is 0 Å². The van der Waals surface area contributed by atoms with Crippen molar-refractivity contribution in [3.05, 3.63) is 0 Å². The Balaban J connectivity index is 0.00000144. The predicted octanol–water partition coefficient (Wildman–Crippen LogP) is 1.82. The third-order valence-corrected chi connectivity index (χ3v) is 2.26. The van der Waals surface area contributed by atoms with Crippen molar-refractivity contribution in [1.82, 2.24) is 0 Å². The van der Waals surface area contributed by atoms with E-state index in [1.165, 1.54) is 0 Å². The molecule has 80 valence electrons. The van der Waals surface area contributed by atoms with Crippen LogP contribution in [0.3, 0.4) is 0 Å². The van der Waals surface area contributed by atoms with Gasteiger partial charge in [0.1, 0.15) is 0 Å².